The molecule has 0 unspecified atom stereocenters. The molecule has 2 rings (SSSR count). The maximum Gasteiger partial charge on any atom is 0.407 e. The van der Waals surface area contributed by atoms with Crippen LogP contribution in [0.4, 0.5) is 4.79 Å². The number of alkyl carbamates (subject to hydrolysis) is 1. The highest BCUT2D eigenvalue weighted by molar-refractivity contribution is 5.88. The number of carbonyl (C=O) groups is 4. The summed E-state index contributed by atoms with van der Waals surface area (Å²) in [5.74, 6) is -1.06. The van der Waals surface area contributed by atoms with E-state index in [4.69, 9.17) is 9.57 Å². The van der Waals surface area contributed by atoms with E-state index >= 15 is 0 Å². The number of nitrogens with one attached hydrogen (secondary N) is 3. The first kappa shape index (κ1) is 33.8. The van der Waals surface area contributed by atoms with Crippen molar-refractivity contribution in [3.8, 4) is 0 Å². The van der Waals surface area contributed by atoms with Crippen molar-refractivity contribution in [2.75, 3.05) is 19.6 Å². The van der Waals surface area contributed by atoms with Crippen molar-refractivity contribution in [1.82, 2.24) is 21.0 Å². The van der Waals surface area contributed by atoms with E-state index < -0.39 is 23.7 Å². The summed E-state index contributed by atoms with van der Waals surface area (Å²) >= 11 is 0. The number of nitrogens with zero attached hydrogens (tertiary/aromatic N) is 1. The second-order valence-corrected chi connectivity index (χ2v) is 11.3. The van der Waals surface area contributed by atoms with Gasteiger partial charge in [-0.3, -0.25) is 19.2 Å². The number of rotatable bonds is 11. The van der Waals surface area contributed by atoms with Crippen molar-refractivity contribution in [3.05, 3.63) is 48.0 Å². The normalized spacial score (nSPS) is 20.0. The minimum absolute atomic E-state index is 0.0834. The molecule has 1 aromatic rings. The number of amides is 4. The van der Waals surface area contributed by atoms with Gasteiger partial charge in [0, 0.05) is 13.1 Å². The van der Waals surface area contributed by atoms with Crippen molar-refractivity contribution in [1.29, 1.82) is 0 Å². The van der Waals surface area contributed by atoms with E-state index in [1.54, 1.807) is 20.8 Å². The van der Waals surface area contributed by atoms with Crippen LogP contribution < -0.4 is 16.0 Å². The lowest BCUT2D eigenvalue weighted by Crippen LogP contribution is -2.50. The summed E-state index contributed by atoms with van der Waals surface area (Å²) in [6.07, 6.45) is 11.0. The van der Waals surface area contributed by atoms with Crippen LogP contribution in [-0.4, -0.2) is 60.7 Å². The smallest absolute Gasteiger partial charge is 0.407 e. The molecule has 2 atom stereocenters. The summed E-state index contributed by atoms with van der Waals surface area (Å²) in [6.45, 7) is 6.64. The first-order valence-corrected chi connectivity index (χ1v) is 14.8. The maximum absolute atomic E-state index is 13.5. The van der Waals surface area contributed by atoms with Crippen LogP contribution in [0.1, 0.15) is 84.1 Å². The molecule has 1 aromatic carbocycles. The number of benzene rings is 1. The van der Waals surface area contributed by atoms with Crippen molar-refractivity contribution in [2.45, 2.75) is 96.8 Å². The summed E-state index contributed by atoms with van der Waals surface area (Å²) < 4.78 is 5.25. The zero-order valence-electron chi connectivity index (χ0n) is 24.9. The van der Waals surface area contributed by atoms with Gasteiger partial charge in [-0.2, -0.15) is 0 Å². The van der Waals surface area contributed by atoms with Gasteiger partial charge in [-0.05, 0) is 84.1 Å². The fourth-order valence-electron chi connectivity index (χ4n) is 4.36. The molecule has 0 saturated carbocycles. The highest BCUT2D eigenvalue weighted by Crippen LogP contribution is 2.15. The van der Waals surface area contributed by atoms with Crippen molar-refractivity contribution < 1.29 is 28.8 Å². The van der Waals surface area contributed by atoms with Gasteiger partial charge >= 0.3 is 6.09 Å². The number of hydrogen-bond donors (Lipinski definition) is 3. The molecule has 0 fully saturated rings. The topological polar surface area (TPSA) is 126 Å². The Balaban J connectivity index is 2.01. The predicted octanol–water partition coefficient (Wildman–Crippen LogP) is 4.40. The van der Waals surface area contributed by atoms with Gasteiger partial charge in [0.15, 0.2) is 0 Å². The van der Waals surface area contributed by atoms with E-state index in [0.29, 0.717) is 45.2 Å². The van der Waals surface area contributed by atoms with Crippen molar-refractivity contribution >= 4 is 24.3 Å². The second-order valence-electron chi connectivity index (χ2n) is 11.3. The van der Waals surface area contributed by atoms with Crippen molar-refractivity contribution in [3.63, 3.8) is 0 Å². The molecule has 1 aliphatic heterocycles. The highest BCUT2D eigenvalue weighted by Gasteiger charge is 2.27. The fraction of sp³-hybridized carbons (Fsp3) is 0.613. The van der Waals surface area contributed by atoms with E-state index in [1.165, 1.54) is 5.06 Å². The molecule has 41 heavy (non-hydrogen) atoms. The maximum atomic E-state index is 13.5. The summed E-state index contributed by atoms with van der Waals surface area (Å²) in [5.41, 5.74) is 0.337. The molecule has 10 heteroatoms. The van der Waals surface area contributed by atoms with Gasteiger partial charge in [0.05, 0.1) is 12.5 Å². The third kappa shape index (κ3) is 15.3. The third-order valence-electron chi connectivity index (χ3n) is 6.54. The third-order valence-corrected chi connectivity index (χ3v) is 6.54. The lowest BCUT2D eigenvalue weighted by molar-refractivity contribution is -0.182. The van der Waals surface area contributed by atoms with Crippen LogP contribution >= 0.6 is 0 Å². The highest BCUT2D eigenvalue weighted by atomic mass is 16.7. The summed E-state index contributed by atoms with van der Waals surface area (Å²) in [4.78, 5) is 55.9. The molecule has 4 amide bonds. The van der Waals surface area contributed by atoms with Crippen LogP contribution in [0.25, 0.3) is 0 Å². The van der Waals surface area contributed by atoms with E-state index in [0.717, 1.165) is 37.7 Å². The second kappa shape index (κ2) is 18.9. The molecule has 0 bridgehead atoms. The van der Waals surface area contributed by atoms with Crippen LogP contribution in [0.3, 0.4) is 0 Å². The number of hydroxylamine groups is 2. The largest absolute Gasteiger partial charge is 0.444 e. The Bertz CT molecular complexity index is 963. The van der Waals surface area contributed by atoms with E-state index in [1.807, 2.05) is 30.3 Å². The van der Waals surface area contributed by atoms with Crippen molar-refractivity contribution in [2.24, 2.45) is 5.92 Å². The molecule has 228 valence electrons. The number of ether oxygens (including phenoxy) is 1. The van der Waals surface area contributed by atoms with E-state index in [-0.39, 0.29) is 25.0 Å². The zero-order chi connectivity index (χ0) is 29.9. The Labute approximate surface area is 244 Å². The van der Waals surface area contributed by atoms with Crippen LogP contribution in [0.15, 0.2) is 42.5 Å². The molecule has 0 aromatic heterocycles. The number of carbonyl (C=O) groups excluding carboxylic acids is 4. The Morgan fingerprint density at radius 1 is 1.05 bits per heavy atom. The van der Waals surface area contributed by atoms with Gasteiger partial charge in [-0.1, -0.05) is 42.5 Å². The average Bonchev–Trinajstić information content (AvgIpc) is 2.93. The van der Waals surface area contributed by atoms with Gasteiger partial charge in [0.2, 0.25) is 18.2 Å². The van der Waals surface area contributed by atoms with Gasteiger partial charge < -0.3 is 20.7 Å². The molecule has 0 radical (unpaired) electrons. The molecule has 3 N–H and O–H groups in total. The minimum atomic E-state index is -0.718. The van der Waals surface area contributed by atoms with Crippen LogP contribution in [0, 0.1) is 5.92 Å². The Hall–Kier alpha value is -3.40. The molecular formula is C31H48N4O6. The van der Waals surface area contributed by atoms with Crippen LogP contribution in [0.5, 0.6) is 0 Å². The monoisotopic (exact) mass is 572 g/mol. The number of unbranched alkanes of at least 4 members (excludes halogenated alkanes) is 1. The fourth-order valence-corrected chi connectivity index (χ4v) is 4.36. The first-order chi connectivity index (χ1) is 19.7. The average molecular weight is 573 g/mol. The minimum Gasteiger partial charge on any atom is -0.444 e. The lowest BCUT2D eigenvalue weighted by atomic mass is 9.99. The Morgan fingerprint density at radius 2 is 1.78 bits per heavy atom. The van der Waals surface area contributed by atoms with Gasteiger partial charge in [-0.15, -0.1) is 0 Å². The van der Waals surface area contributed by atoms with Crippen LogP contribution in [-0.2, 0) is 30.6 Å². The Morgan fingerprint density at radius 3 is 2.49 bits per heavy atom. The van der Waals surface area contributed by atoms with Crippen LogP contribution in [0.2, 0.25) is 0 Å². The molecule has 10 nitrogen and oxygen atoms in total. The first-order valence-electron chi connectivity index (χ1n) is 14.8. The Kier molecular flexibility index (Phi) is 15.5. The molecular weight excluding hydrogens is 524 g/mol. The molecule has 0 spiro atoms. The number of hydrogen-bond acceptors (Lipinski definition) is 6. The molecule has 1 aliphatic rings. The molecule has 0 aliphatic carbocycles. The van der Waals surface area contributed by atoms with Gasteiger partial charge in [0.1, 0.15) is 18.2 Å². The molecule has 0 saturated heterocycles. The summed E-state index contributed by atoms with van der Waals surface area (Å²) in [7, 11) is 0. The standard InChI is InChI=1S/C31H48N4O6/c1-31(2,3)41-30(39)33-21-15-13-19-27-29(38)32-20-14-8-6-4-5-7-12-18-26(28(37)34-27)22-35(24-36)40-23-25-16-10-9-11-17-25/h4-5,9-11,16-17,24,26-27H,6-8,12-15,18-23H2,1-3H3,(H,32,38)(H,33,39)(H,34,37)/b5-4+/t26-,27+/m1/s1. The lowest BCUT2D eigenvalue weighted by Gasteiger charge is -2.26. The number of allylic oxidation sites excluding steroid dienone is 2. The zero-order valence-corrected chi connectivity index (χ0v) is 24.9. The van der Waals surface area contributed by atoms with Gasteiger partial charge in [-0.25, -0.2) is 9.86 Å². The predicted molar refractivity (Wildman–Crippen MR) is 157 cm³/mol. The SMILES string of the molecule is CC(C)(C)OC(=O)NCCCC[C@@H]1NC(=O)[C@@H](CN(C=O)OCc2ccccc2)CCC/C=C/CCCCNC1=O. The van der Waals surface area contributed by atoms with E-state index in [9.17, 15) is 19.2 Å². The van der Waals surface area contributed by atoms with Gasteiger partial charge in [0.25, 0.3) is 0 Å². The summed E-state index contributed by atoms with van der Waals surface area (Å²) in [5, 5.41) is 9.78. The van der Waals surface area contributed by atoms with E-state index in [2.05, 4.69) is 28.1 Å². The summed E-state index contributed by atoms with van der Waals surface area (Å²) in [6, 6.07) is 8.77. The molecule has 1 heterocycles. The quantitative estimate of drug-likeness (QED) is 0.156.